The molecule has 1 radical (unpaired) electrons. The maximum Gasteiger partial charge on any atom is -0.00675 e. The van der Waals surface area contributed by atoms with Gasteiger partial charge in [-0.3, -0.25) is 0 Å². The standard InChI is InChI=1S/C51H103S/c1-4-5-6-7-8-9-10-11-12-13-14-15-16-17-18-19-20-22-25-28-31-34-37-40-43-46-49-52-50-47-44-41-38-35-32-29-26-23-21-24-27-30-33-36-39-42-45-48-51(2)3/h51H,1,4-50H2,2-3H3. The SMILES string of the molecule is [CH2]CCCCCCCCCCCCCCCCCCCCCCCCCCCSCCCCCCCCCCCCCCCCCCCCC(C)C. The third-order valence-electron chi connectivity index (χ3n) is 11.9. The first-order valence-electron chi connectivity index (χ1n) is 25.1. The van der Waals surface area contributed by atoms with Crippen molar-refractivity contribution in [3.05, 3.63) is 6.92 Å². The Labute approximate surface area is 337 Å². The van der Waals surface area contributed by atoms with Crippen LogP contribution in [0.4, 0.5) is 0 Å². The molecular weight excluding hydrogens is 645 g/mol. The first-order valence-corrected chi connectivity index (χ1v) is 26.3. The van der Waals surface area contributed by atoms with E-state index in [1.54, 1.807) is 0 Å². The van der Waals surface area contributed by atoms with Gasteiger partial charge in [0.15, 0.2) is 0 Å². The minimum atomic E-state index is 0.895. The average Bonchev–Trinajstić information content (AvgIpc) is 3.14. The Morgan fingerprint density at radius 1 is 0.250 bits per heavy atom. The molecule has 0 N–H and O–H groups in total. The molecule has 0 amide bonds. The topological polar surface area (TPSA) is 0 Å². The van der Waals surface area contributed by atoms with Crippen molar-refractivity contribution in [3.63, 3.8) is 0 Å². The molecule has 0 saturated heterocycles. The lowest BCUT2D eigenvalue weighted by atomic mass is 10.0. The lowest BCUT2D eigenvalue weighted by Gasteiger charge is -2.05. The van der Waals surface area contributed by atoms with Gasteiger partial charge in [-0.15, -0.1) is 0 Å². The zero-order valence-electron chi connectivity index (χ0n) is 36.9. The molecule has 1 heteroatoms. The van der Waals surface area contributed by atoms with Crippen LogP contribution in [0, 0.1) is 12.8 Å². The van der Waals surface area contributed by atoms with Crippen LogP contribution in [0.1, 0.15) is 303 Å². The van der Waals surface area contributed by atoms with E-state index in [4.69, 9.17) is 0 Å². The highest BCUT2D eigenvalue weighted by molar-refractivity contribution is 7.99. The summed E-state index contributed by atoms with van der Waals surface area (Å²) in [5.41, 5.74) is 0. The van der Waals surface area contributed by atoms with E-state index < -0.39 is 0 Å². The van der Waals surface area contributed by atoms with Gasteiger partial charge in [-0.25, -0.2) is 0 Å². The Bertz CT molecular complexity index is 584. The minimum absolute atomic E-state index is 0.895. The second-order valence-electron chi connectivity index (χ2n) is 17.9. The maximum absolute atomic E-state index is 3.94. The number of unbranched alkanes of at least 4 members (excludes halogenated alkanes) is 42. The van der Waals surface area contributed by atoms with Crippen LogP contribution in [0.5, 0.6) is 0 Å². The molecule has 0 fully saturated rings. The third-order valence-corrected chi connectivity index (χ3v) is 13.0. The van der Waals surface area contributed by atoms with Gasteiger partial charge in [0.25, 0.3) is 0 Å². The molecule has 0 atom stereocenters. The summed E-state index contributed by atoms with van der Waals surface area (Å²) in [4.78, 5) is 0. The summed E-state index contributed by atoms with van der Waals surface area (Å²) in [6, 6.07) is 0. The van der Waals surface area contributed by atoms with E-state index in [1.807, 2.05) is 0 Å². The van der Waals surface area contributed by atoms with Gasteiger partial charge < -0.3 is 0 Å². The highest BCUT2D eigenvalue weighted by Crippen LogP contribution is 2.19. The van der Waals surface area contributed by atoms with Crippen LogP contribution in [-0.4, -0.2) is 11.5 Å². The van der Waals surface area contributed by atoms with Crippen LogP contribution in [0.25, 0.3) is 0 Å². The lowest BCUT2D eigenvalue weighted by Crippen LogP contribution is -1.87. The van der Waals surface area contributed by atoms with Crippen molar-refractivity contribution < 1.29 is 0 Å². The fraction of sp³-hybridized carbons (Fsp3) is 0.980. The molecule has 0 bridgehead atoms. The molecule has 0 aromatic carbocycles. The van der Waals surface area contributed by atoms with Gasteiger partial charge in [-0.1, -0.05) is 297 Å². The molecule has 0 heterocycles. The monoisotopic (exact) mass is 748 g/mol. The number of hydrogen-bond donors (Lipinski definition) is 0. The van der Waals surface area contributed by atoms with Gasteiger partial charge in [0.1, 0.15) is 0 Å². The average molecular weight is 748 g/mol. The number of rotatable bonds is 48. The van der Waals surface area contributed by atoms with E-state index in [2.05, 4.69) is 32.5 Å². The maximum atomic E-state index is 3.94. The van der Waals surface area contributed by atoms with Gasteiger partial charge in [-0.05, 0) is 30.3 Å². The van der Waals surface area contributed by atoms with Crippen LogP contribution in [-0.2, 0) is 0 Å². The number of thioether (sulfide) groups is 1. The summed E-state index contributed by atoms with van der Waals surface area (Å²) in [5.74, 6) is 3.72. The Hall–Kier alpha value is 0.350. The first kappa shape index (κ1) is 52.3. The van der Waals surface area contributed by atoms with E-state index in [9.17, 15) is 0 Å². The third kappa shape index (κ3) is 50.4. The number of hydrogen-bond acceptors (Lipinski definition) is 1. The quantitative estimate of drug-likeness (QED) is 0.0559. The fourth-order valence-electron chi connectivity index (χ4n) is 8.13. The molecule has 0 aliphatic heterocycles. The van der Waals surface area contributed by atoms with Crippen molar-refractivity contribution in [2.24, 2.45) is 5.92 Å². The molecule has 0 spiro atoms. The van der Waals surface area contributed by atoms with Crippen molar-refractivity contribution in [3.8, 4) is 0 Å². The highest BCUT2D eigenvalue weighted by Gasteiger charge is 1.99. The zero-order valence-corrected chi connectivity index (χ0v) is 37.7. The zero-order chi connectivity index (χ0) is 37.5. The van der Waals surface area contributed by atoms with Gasteiger partial charge >= 0.3 is 0 Å². The predicted octanol–water partition coefficient (Wildman–Crippen LogP) is 19.8. The van der Waals surface area contributed by atoms with E-state index >= 15 is 0 Å². The molecule has 0 aliphatic rings. The van der Waals surface area contributed by atoms with Crippen molar-refractivity contribution in [2.45, 2.75) is 303 Å². The Balaban J connectivity index is 3.05. The molecule has 0 nitrogen and oxygen atoms in total. The normalized spacial score (nSPS) is 11.8. The van der Waals surface area contributed by atoms with E-state index in [1.165, 1.54) is 294 Å². The van der Waals surface area contributed by atoms with Gasteiger partial charge in [0, 0.05) is 0 Å². The van der Waals surface area contributed by atoms with Gasteiger partial charge in [0.05, 0.1) is 0 Å². The summed E-state index contributed by atoms with van der Waals surface area (Å²) in [5, 5.41) is 0. The van der Waals surface area contributed by atoms with Crippen LogP contribution in [0.2, 0.25) is 0 Å². The van der Waals surface area contributed by atoms with Crippen LogP contribution >= 0.6 is 11.8 Å². The molecule has 0 aromatic heterocycles. The lowest BCUT2D eigenvalue weighted by molar-refractivity contribution is 0.501. The van der Waals surface area contributed by atoms with Crippen molar-refractivity contribution in [1.82, 2.24) is 0 Å². The molecule has 0 unspecified atom stereocenters. The predicted molar refractivity (Wildman–Crippen MR) is 245 cm³/mol. The molecule has 0 saturated carbocycles. The van der Waals surface area contributed by atoms with Crippen LogP contribution < -0.4 is 0 Å². The minimum Gasteiger partial charge on any atom is -0.162 e. The van der Waals surface area contributed by atoms with Gasteiger partial charge in [0.2, 0.25) is 0 Å². The summed E-state index contributed by atoms with van der Waals surface area (Å²) in [6.45, 7) is 8.64. The molecular formula is C51H103S. The Kier molecular flexibility index (Phi) is 49.7. The largest absolute Gasteiger partial charge is 0.162 e. The Morgan fingerprint density at radius 2 is 0.423 bits per heavy atom. The van der Waals surface area contributed by atoms with E-state index in [-0.39, 0.29) is 0 Å². The first-order chi connectivity index (χ1) is 25.8. The second kappa shape index (κ2) is 49.4. The summed E-state index contributed by atoms with van der Waals surface area (Å²) < 4.78 is 0. The van der Waals surface area contributed by atoms with Gasteiger partial charge in [-0.2, -0.15) is 11.8 Å². The molecule has 313 valence electrons. The van der Waals surface area contributed by atoms with E-state index in [0.29, 0.717) is 0 Å². The molecule has 0 aromatic rings. The smallest absolute Gasteiger partial charge is 0.00675 e. The molecule has 0 rings (SSSR count). The second-order valence-corrected chi connectivity index (χ2v) is 19.1. The van der Waals surface area contributed by atoms with E-state index in [0.717, 1.165) is 12.3 Å². The highest BCUT2D eigenvalue weighted by atomic mass is 32.2. The van der Waals surface area contributed by atoms with Crippen molar-refractivity contribution >= 4 is 11.8 Å². The molecule has 52 heavy (non-hydrogen) atoms. The van der Waals surface area contributed by atoms with Crippen molar-refractivity contribution in [1.29, 1.82) is 0 Å². The van der Waals surface area contributed by atoms with Crippen molar-refractivity contribution in [2.75, 3.05) is 11.5 Å². The summed E-state index contributed by atoms with van der Waals surface area (Å²) >= 11 is 2.24. The molecule has 0 aliphatic carbocycles. The summed E-state index contributed by atoms with van der Waals surface area (Å²) in [7, 11) is 0. The Morgan fingerprint density at radius 3 is 0.615 bits per heavy atom. The van der Waals surface area contributed by atoms with Crippen LogP contribution in [0.3, 0.4) is 0 Å². The summed E-state index contributed by atoms with van der Waals surface area (Å²) in [6.07, 6.45) is 66.1. The fourth-order valence-corrected chi connectivity index (χ4v) is 9.15. The van der Waals surface area contributed by atoms with Crippen LogP contribution in [0.15, 0.2) is 0 Å².